The molecule has 1 aromatic carbocycles. The third-order valence-electron chi connectivity index (χ3n) is 6.40. The topological polar surface area (TPSA) is 26.7 Å². The van der Waals surface area contributed by atoms with Gasteiger partial charge in [0.05, 0.1) is 11.2 Å². The molecule has 1 aliphatic heterocycles. The van der Waals surface area contributed by atoms with Crippen LogP contribution < -0.4 is 0 Å². The van der Waals surface area contributed by atoms with E-state index in [1.54, 1.807) is 6.07 Å². The van der Waals surface area contributed by atoms with Gasteiger partial charge in [0, 0.05) is 25.0 Å². The van der Waals surface area contributed by atoms with Gasteiger partial charge in [0.25, 0.3) is 0 Å². The summed E-state index contributed by atoms with van der Waals surface area (Å²) >= 11 is 0. The molecular weight excluding hydrogens is 353 g/mol. The molecule has 3 rings (SSSR count). The zero-order valence-electron chi connectivity index (χ0n) is 16.3. The first-order valence-electron chi connectivity index (χ1n) is 9.97. The minimum Gasteiger partial charge on any atom is -0.389 e. The van der Waals surface area contributed by atoms with Crippen molar-refractivity contribution >= 4 is 0 Å². The van der Waals surface area contributed by atoms with E-state index in [0.717, 1.165) is 44.8 Å². The summed E-state index contributed by atoms with van der Waals surface area (Å²) in [4.78, 5) is 4.51. The van der Waals surface area contributed by atoms with Gasteiger partial charge in [-0.25, -0.2) is 0 Å². The van der Waals surface area contributed by atoms with Gasteiger partial charge in [-0.15, -0.1) is 0 Å². The highest BCUT2D eigenvalue weighted by molar-refractivity contribution is 5.31. The molecule has 1 aromatic rings. The minimum absolute atomic E-state index is 0.291. The van der Waals surface area contributed by atoms with E-state index in [4.69, 9.17) is 0 Å². The highest BCUT2D eigenvalue weighted by Crippen LogP contribution is 2.42. The van der Waals surface area contributed by atoms with Crippen molar-refractivity contribution in [3.63, 3.8) is 0 Å². The second-order valence-electron chi connectivity index (χ2n) is 8.51. The summed E-state index contributed by atoms with van der Waals surface area (Å²) in [7, 11) is 4.13. The van der Waals surface area contributed by atoms with Crippen LogP contribution in [0.25, 0.3) is 0 Å². The quantitative estimate of drug-likeness (QED) is 0.827. The lowest BCUT2D eigenvalue weighted by Gasteiger charge is -2.41. The Morgan fingerprint density at radius 3 is 2.52 bits per heavy atom. The molecule has 1 aliphatic carbocycles. The molecule has 152 valence electrons. The Kier molecular flexibility index (Phi) is 6.18. The second kappa shape index (κ2) is 8.10. The maximum atomic E-state index is 13.2. The van der Waals surface area contributed by atoms with E-state index in [2.05, 4.69) is 23.9 Å². The van der Waals surface area contributed by atoms with Crippen LogP contribution in [0.15, 0.2) is 24.3 Å². The molecule has 2 unspecified atom stereocenters. The van der Waals surface area contributed by atoms with Crippen LogP contribution in [0.2, 0.25) is 0 Å². The van der Waals surface area contributed by atoms with E-state index in [-0.39, 0.29) is 5.92 Å². The molecule has 6 heteroatoms. The zero-order valence-corrected chi connectivity index (χ0v) is 16.3. The Morgan fingerprint density at radius 1 is 1.22 bits per heavy atom. The number of hydrogen-bond donors (Lipinski definition) is 1. The first-order chi connectivity index (χ1) is 12.7. The smallest absolute Gasteiger partial charge is 0.389 e. The third-order valence-corrected chi connectivity index (χ3v) is 6.40. The van der Waals surface area contributed by atoms with E-state index in [9.17, 15) is 18.3 Å². The highest BCUT2D eigenvalue weighted by atomic mass is 19.4. The van der Waals surface area contributed by atoms with Crippen molar-refractivity contribution in [2.75, 3.05) is 33.7 Å². The Labute approximate surface area is 160 Å². The van der Waals surface area contributed by atoms with E-state index in [0.29, 0.717) is 31.0 Å². The van der Waals surface area contributed by atoms with Gasteiger partial charge in [-0.2, -0.15) is 13.2 Å². The van der Waals surface area contributed by atoms with Gasteiger partial charge in [-0.05, 0) is 51.5 Å². The molecule has 0 spiro atoms. The van der Waals surface area contributed by atoms with Gasteiger partial charge in [0.1, 0.15) is 0 Å². The molecule has 1 heterocycles. The molecule has 3 nitrogen and oxygen atoms in total. The summed E-state index contributed by atoms with van der Waals surface area (Å²) < 4.78 is 39.7. The standard InChI is InChI=1S/C21H31F3N2O/c1-25(2)18-9-12-26(14-18)15-19(20(27)10-4-3-5-11-20)16-7-6-8-17(13-16)21(22,23)24/h6-8,13,18-19,27H,3-5,9-12,14-15H2,1-2H3. The fraction of sp³-hybridized carbons (Fsp3) is 0.714. The largest absolute Gasteiger partial charge is 0.416 e. The molecular formula is C21H31F3N2O. The number of alkyl halides is 3. The molecule has 0 aromatic heterocycles. The average molecular weight is 384 g/mol. The number of likely N-dealkylation sites (tertiary alicyclic amines) is 1. The highest BCUT2D eigenvalue weighted by Gasteiger charge is 2.41. The average Bonchev–Trinajstić information content (AvgIpc) is 3.09. The third kappa shape index (κ3) is 4.84. The lowest BCUT2D eigenvalue weighted by molar-refractivity contribution is -0.137. The van der Waals surface area contributed by atoms with Crippen molar-refractivity contribution < 1.29 is 18.3 Å². The first kappa shape index (κ1) is 20.6. The fourth-order valence-corrected chi connectivity index (χ4v) is 4.69. The molecule has 1 saturated carbocycles. The fourth-order valence-electron chi connectivity index (χ4n) is 4.69. The maximum Gasteiger partial charge on any atom is 0.416 e. The Morgan fingerprint density at radius 2 is 1.93 bits per heavy atom. The van der Waals surface area contributed by atoms with Gasteiger partial charge in [-0.3, -0.25) is 0 Å². The Bertz CT molecular complexity index is 626. The maximum absolute atomic E-state index is 13.2. The number of aliphatic hydroxyl groups is 1. The van der Waals surface area contributed by atoms with Gasteiger partial charge < -0.3 is 14.9 Å². The molecule has 0 radical (unpaired) electrons. The van der Waals surface area contributed by atoms with Crippen molar-refractivity contribution in [2.24, 2.45) is 0 Å². The molecule has 2 atom stereocenters. The van der Waals surface area contributed by atoms with Crippen LogP contribution in [0, 0.1) is 0 Å². The van der Waals surface area contributed by atoms with Crippen molar-refractivity contribution in [1.29, 1.82) is 0 Å². The summed E-state index contributed by atoms with van der Waals surface area (Å²) in [6, 6.07) is 6.06. The van der Waals surface area contributed by atoms with Gasteiger partial charge in [0.15, 0.2) is 0 Å². The van der Waals surface area contributed by atoms with Crippen molar-refractivity contribution in [2.45, 2.75) is 62.3 Å². The van der Waals surface area contributed by atoms with E-state index < -0.39 is 17.3 Å². The number of halogens is 3. The predicted octanol–water partition coefficient (Wildman–Crippen LogP) is 4.12. The first-order valence-corrected chi connectivity index (χ1v) is 9.97. The summed E-state index contributed by atoms with van der Waals surface area (Å²) in [5.41, 5.74) is -0.932. The van der Waals surface area contributed by atoms with Crippen LogP contribution >= 0.6 is 0 Å². The molecule has 1 saturated heterocycles. The van der Waals surface area contributed by atoms with Crippen LogP contribution in [0.4, 0.5) is 13.2 Å². The van der Waals surface area contributed by atoms with Crippen LogP contribution in [-0.4, -0.2) is 60.3 Å². The van der Waals surface area contributed by atoms with Crippen LogP contribution in [0.3, 0.4) is 0 Å². The number of nitrogens with zero attached hydrogens (tertiary/aromatic N) is 2. The van der Waals surface area contributed by atoms with Gasteiger partial charge >= 0.3 is 6.18 Å². The monoisotopic (exact) mass is 384 g/mol. The number of likely N-dealkylation sites (N-methyl/N-ethyl adjacent to an activating group) is 1. The molecule has 1 N–H and O–H groups in total. The van der Waals surface area contributed by atoms with E-state index in [1.165, 1.54) is 12.1 Å². The van der Waals surface area contributed by atoms with Gasteiger partial charge in [-0.1, -0.05) is 37.5 Å². The van der Waals surface area contributed by atoms with Crippen molar-refractivity contribution in [1.82, 2.24) is 9.80 Å². The molecule has 27 heavy (non-hydrogen) atoms. The predicted molar refractivity (Wildman–Crippen MR) is 101 cm³/mol. The Balaban J connectivity index is 1.87. The minimum atomic E-state index is -4.36. The number of hydrogen-bond acceptors (Lipinski definition) is 3. The second-order valence-corrected chi connectivity index (χ2v) is 8.51. The van der Waals surface area contributed by atoms with Crippen LogP contribution in [0.5, 0.6) is 0 Å². The van der Waals surface area contributed by atoms with E-state index in [1.807, 2.05) is 0 Å². The summed E-state index contributed by atoms with van der Waals surface area (Å²) in [6.07, 6.45) is 0.987. The lowest BCUT2D eigenvalue weighted by atomic mass is 9.72. The molecule has 0 amide bonds. The normalized spacial score (nSPS) is 25.1. The van der Waals surface area contributed by atoms with Gasteiger partial charge in [0.2, 0.25) is 0 Å². The lowest BCUT2D eigenvalue weighted by Crippen LogP contribution is -2.44. The Hall–Kier alpha value is -1.11. The molecule has 0 bridgehead atoms. The van der Waals surface area contributed by atoms with E-state index >= 15 is 0 Å². The number of benzene rings is 1. The zero-order chi connectivity index (χ0) is 19.7. The van der Waals surface area contributed by atoms with Crippen LogP contribution in [-0.2, 0) is 6.18 Å². The van der Waals surface area contributed by atoms with Crippen molar-refractivity contribution in [3.8, 4) is 0 Å². The SMILES string of the molecule is CN(C)C1CCN(CC(c2cccc(C(F)(F)F)c2)C2(O)CCCCC2)C1. The molecule has 2 aliphatic rings. The van der Waals surface area contributed by atoms with Crippen LogP contribution in [0.1, 0.15) is 55.6 Å². The summed E-state index contributed by atoms with van der Waals surface area (Å²) in [6.45, 7) is 2.44. The summed E-state index contributed by atoms with van der Waals surface area (Å²) in [5, 5.41) is 11.4. The van der Waals surface area contributed by atoms with Crippen molar-refractivity contribution in [3.05, 3.63) is 35.4 Å². The summed E-state index contributed by atoms with van der Waals surface area (Å²) in [5.74, 6) is -0.291. The molecule has 2 fully saturated rings. The number of rotatable bonds is 5.